The Kier molecular flexibility index (Phi) is 9.49. The minimum absolute atomic E-state index is 0. The van der Waals surface area contributed by atoms with Gasteiger partial charge in [-0.1, -0.05) is 30.3 Å². The number of ether oxygens (including phenoxy) is 1. The summed E-state index contributed by atoms with van der Waals surface area (Å²) in [5.74, 6) is 0.251. The molecular formula is C24H24CoO3-2. The molecule has 0 amide bonds. The van der Waals surface area contributed by atoms with Crippen molar-refractivity contribution in [2.75, 3.05) is 0 Å². The number of aryl methyl sites for hydroxylation is 3. The summed E-state index contributed by atoms with van der Waals surface area (Å²) in [6.45, 7) is 6.22. The second kappa shape index (κ2) is 11.3. The van der Waals surface area contributed by atoms with Gasteiger partial charge in [0.2, 0.25) is 0 Å². The van der Waals surface area contributed by atoms with Gasteiger partial charge in [-0.25, -0.2) is 4.79 Å². The summed E-state index contributed by atoms with van der Waals surface area (Å²) in [6, 6.07) is 22.2. The third-order valence-corrected chi connectivity index (χ3v) is 4.38. The zero-order chi connectivity index (χ0) is 19.8. The molecule has 0 aliphatic heterocycles. The van der Waals surface area contributed by atoms with Crippen LogP contribution in [0.2, 0.25) is 0 Å². The zero-order valence-corrected chi connectivity index (χ0v) is 17.6. The number of hydrogen-bond donors (Lipinski definition) is 0. The average Bonchev–Trinajstić information content (AvgIpc) is 2.69. The van der Waals surface area contributed by atoms with E-state index >= 15 is 0 Å². The Morgan fingerprint density at radius 2 is 1.43 bits per heavy atom. The first-order valence-electron chi connectivity index (χ1n) is 8.50. The summed E-state index contributed by atoms with van der Waals surface area (Å²) in [6.07, 6.45) is 0.866. The van der Waals surface area contributed by atoms with E-state index in [-0.39, 0.29) is 13.4 Å². The predicted octanol–water partition coefficient (Wildman–Crippen LogP) is 5.55. The Labute approximate surface area is 175 Å². The summed E-state index contributed by atoms with van der Waals surface area (Å²) in [4.78, 5) is 12.2. The molecule has 0 fully saturated rings. The molecule has 0 unspecified atom stereocenters. The number of esters is 1. The van der Waals surface area contributed by atoms with Crippen molar-refractivity contribution in [2.45, 2.75) is 27.2 Å². The van der Waals surface area contributed by atoms with Crippen LogP contribution < -0.4 is 4.74 Å². The number of benzene rings is 3. The quantitative estimate of drug-likeness (QED) is 0.316. The molecule has 0 atom stereocenters. The van der Waals surface area contributed by atoms with Gasteiger partial charge in [-0.05, 0) is 66.6 Å². The van der Waals surface area contributed by atoms with E-state index < -0.39 is 0 Å². The molecule has 0 spiro atoms. The molecule has 0 bridgehead atoms. The van der Waals surface area contributed by atoms with Gasteiger partial charge in [0, 0.05) is 0 Å². The Bertz CT molecular complexity index is 920. The molecule has 0 aliphatic rings. The summed E-state index contributed by atoms with van der Waals surface area (Å²) < 4.78 is 13.5. The standard InChI is InChI=1S/C23H21O2.CH3.Co.O/c1-16-9-10-19(13-17(16)2)15-20-11-12-22(18(3)14-20)25-23(24)21-7-5-4-6-8-21;;;/h5-14H,15H2,1-3H3;1H3;;/q2*-1;;. The van der Waals surface area contributed by atoms with Crippen molar-refractivity contribution in [3.8, 4) is 5.75 Å². The van der Waals surface area contributed by atoms with E-state index in [1.807, 2.05) is 19.1 Å². The molecule has 0 saturated carbocycles. The normalized spacial score (nSPS) is 9.57. The van der Waals surface area contributed by atoms with Gasteiger partial charge in [0.1, 0.15) is 5.75 Å². The van der Waals surface area contributed by atoms with Crippen LogP contribution in [0.25, 0.3) is 0 Å². The van der Waals surface area contributed by atoms with Gasteiger partial charge < -0.3 is 12.2 Å². The number of rotatable bonds is 4. The van der Waals surface area contributed by atoms with Crippen LogP contribution >= 0.6 is 0 Å². The molecule has 3 rings (SSSR count). The van der Waals surface area contributed by atoms with Crippen molar-refractivity contribution >= 4 is 5.97 Å². The third kappa shape index (κ3) is 6.25. The van der Waals surface area contributed by atoms with E-state index in [9.17, 15) is 4.79 Å². The minimum atomic E-state index is -0.348. The molecule has 0 saturated heterocycles. The van der Waals surface area contributed by atoms with Crippen LogP contribution in [0.3, 0.4) is 0 Å². The molecule has 3 aromatic rings. The Morgan fingerprint density at radius 3 is 2.00 bits per heavy atom. The first-order valence-corrected chi connectivity index (χ1v) is 8.93. The molecule has 4 heteroatoms. The van der Waals surface area contributed by atoms with Crippen LogP contribution in [0.15, 0.2) is 60.7 Å². The van der Waals surface area contributed by atoms with Crippen molar-refractivity contribution in [1.29, 1.82) is 0 Å². The fourth-order valence-corrected chi connectivity index (χ4v) is 2.77. The van der Waals surface area contributed by atoms with E-state index in [2.05, 4.69) is 59.8 Å². The van der Waals surface area contributed by atoms with Gasteiger partial charge >= 0.3 is 25.5 Å². The van der Waals surface area contributed by atoms with Gasteiger partial charge in [0.15, 0.2) is 0 Å². The van der Waals surface area contributed by atoms with Crippen molar-refractivity contribution in [1.82, 2.24) is 0 Å². The first kappa shape index (κ1) is 23.5. The van der Waals surface area contributed by atoms with Crippen molar-refractivity contribution in [3.05, 3.63) is 108 Å². The van der Waals surface area contributed by atoms with Crippen LogP contribution in [0, 0.1) is 34.3 Å². The number of carbonyl (C=O) groups excluding carboxylic acids is 1. The maximum absolute atomic E-state index is 12.2. The Morgan fingerprint density at radius 1 is 0.857 bits per heavy atom. The first-order chi connectivity index (χ1) is 13.0. The van der Waals surface area contributed by atoms with E-state index in [0.717, 1.165) is 12.0 Å². The molecular weight excluding hydrogens is 395 g/mol. The van der Waals surface area contributed by atoms with E-state index in [0.29, 0.717) is 11.3 Å². The van der Waals surface area contributed by atoms with Crippen LogP contribution in [0.1, 0.15) is 38.2 Å². The number of carbonyl (C=O) groups is 1. The Balaban J connectivity index is 0.00000127. The van der Waals surface area contributed by atoms with Crippen molar-refractivity contribution in [2.24, 2.45) is 0 Å². The maximum atomic E-state index is 12.2. The monoisotopic (exact) mass is 419 g/mol. The molecule has 28 heavy (non-hydrogen) atoms. The second-order valence-corrected chi connectivity index (χ2v) is 6.37. The second-order valence-electron chi connectivity index (χ2n) is 6.37. The fraction of sp³-hybridized carbons (Fsp3) is 0.167. The topological polar surface area (TPSA) is 43.4 Å². The molecule has 0 radical (unpaired) electrons. The molecule has 149 valence electrons. The summed E-state index contributed by atoms with van der Waals surface area (Å²) in [5.41, 5.74) is 6.58. The average molecular weight is 419 g/mol. The zero-order valence-electron chi connectivity index (χ0n) is 16.5. The van der Waals surface area contributed by atoms with Crippen LogP contribution in [0.4, 0.5) is 0 Å². The third-order valence-electron chi connectivity index (χ3n) is 4.38. The Hall–Kier alpha value is -2.56. The number of hydrogen-bond acceptors (Lipinski definition) is 3. The molecule has 0 aromatic heterocycles. The van der Waals surface area contributed by atoms with Gasteiger partial charge in [-0.3, -0.25) is 0 Å². The van der Waals surface area contributed by atoms with Gasteiger partial charge in [0.05, 0.1) is 0 Å². The molecule has 0 N–H and O–H groups in total. The van der Waals surface area contributed by atoms with E-state index in [1.165, 1.54) is 22.3 Å². The molecule has 0 aliphatic carbocycles. The van der Waals surface area contributed by atoms with Crippen LogP contribution in [0.5, 0.6) is 5.75 Å². The molecule has 3 aromatic carbocycles. The van der Waals surface area contributed by atoms with Crippen molar-refractivity contribution in [3.63, 3.8) is 0 Å². The van der Waals surface area contributed by atoms with E-state index in [1.54, 1.807) is 24.3 Å². The van der Waals surface area contributed by atoms with Gasteiger partial charge in [-0.2, -0.15) is 30.3 Å². The summed E-state index contributed by atoms with van der Waals surface area (Å²) >= 11 is 2.31. The van der Waals surface area contributed by atoms with Gasteiger partial charge in [-0.15, -0.1) is 0 Å². The van der Waals surface area contributed by atoms with Crippen LogP contribution in [-0.4, -0.2) is 5.97 Å². The van der Waals surface area contributed by atoms with Crippen LogP contribution in [-0.2, 0) is 26.0 Å². The SMILES string of the molecule is Cc1ccc(Cc2ccc(OC(=O)c3cc[c-]cc3)c(C)c2)cc1C.[CH3-].[O]=[Co]. The predicted molar refractivity (Wildman–Crippen MR) is 107 cm³/mol. The summed E-state index contributed by atoms with van der Waals surface area (Å²) in [7, 11) is 0. The molecule has 0 heterocycles. The van der Waals surface area contributed by atoms with Crippen molar-refractivity contribution < 1.29 is 29.1 Å². The van der Waals surface area contributed by atoms with E-state index in [4.69, 9.17) is 8.60 Å². The van der Waals surface area contributed by atoms with Gasteiger partial charge in [0.25, 0.3) is 0 Å². The molecule has 3 nitrogen and oxygen atoms in total. The summed E-state index contributed by atoms with van der Waals surface area (Å²) in [5, 5.41) is 0. The fourth-order valence-electron chi connectivity index (χ4n) is 2.77.